The second kappa shape index (κ2) is 7.16. The van der Waals surface area contributed by atoms with Crippen LogP contribution in [0, 0.1) is 0 Å². The van der Waals surface area contributed by atoms with E-state index in [4.69, 9.17) is 16.3 Å². The first-order valence-electron chi connectivity index (χ1n) is 5.72. The molecular formula is C14H11Br3ClNO. The van der Waals surface area contributed by atoms with Gasteiger partial charge in [-0.05, 0) is 46.3 Å². The lowest BCUT2D eigenvalue weighted by Crippen LogP contribution is -2.03. The van der Waals surface area contributed by atoms with Crippen LogP contribution in [0.5, 0.6) is 5.75 Å². The molecule has 0 saturated heterocycles. The molecule has 0 spiro atoms. The van der Waals surface area contributed by atoms with E-state index in [1.165, 1.54) is 0 Å². The lowest BCUT2D eigenvalue weighted by atomic mass is 10.2. The fraction of sp³-hybridized carbons (Fsp3) is 0.143. The summed E-state index contributed by atoms with van der Waals surface area (Å²) >= 11 is 16.6. The standard InChI is InChI=1S/C14H11Br3ClNO/c1-20-14-8(4-10(16)5-11(14)17)7-19-13-3-2-9(15)6-12(13)18/h2-6,19H,7H2,1H3. The fourth-order valence-corrected chi connectivity index (χ4v) is 4.01. The molecule has 0 atom stereocenters. The third kappa shape index (κ3) is 3.91. The van der Waals surface area contributed by atoms with Crippen molar-refractivity contribution in [3.05, 3.63) is 54.3 Å². The van der Waals surface area contributed by atoms with Crippen LogP contribution in [0.1, 0.15) is 5.56 Å². The first-order valence-corrected chi connectivity index (χ1v) is 8.48. The number of hydrogen-bond donors (Lipinski definition) is 1. The molecule has 0 saturated carbocycles. The number of methoxy groups -OCH3 is 1. The van der Waals surface area contributed by atoms with Gasteiger partial charge < -0.3 is 10.1 Å². The highest BCUT2D eigenvalue weighted by atomic mass is 79.9. The van der Waals surface area contributed by atoms with Gasteiger partial charge in [0.05, 0.1) is 22.3 Å². The van der Waals surface area contributed by atoms with E-state index in [0.29, 0.717) is 11.6 Å². The maximum absolute atomic E-state index is 6.19. The van der Waals surface area contributed by atoms with Crippen LogP contribution < -0.4 is 10.1 Å². The van der Waals surface area contributed by atoms with Crippen molar-refractivity contribution in [2.24, 2.45) is 0 Å². The van der Waals surface area contributed by atoms with E-state index < -0.39 is 0 Å². The summed E-state index contributed by atoms with van der Waals surface area (Å²) in [7, 11) is 1.66. The number of benzene rings is 2. The first-order chi connectivity index (χ1) is 9.51. The third-order valence-electron chi connectivity index (χ3n) is 2.69. The van der Waals surface area contributed by atoms with Crippen LogP contribution >= 0.6 is 59.4 Å². The van der Waals surface area contributed by atoms with E-state index in [1.807, 2.05) is 30.3 Å². The molecule has 0 aliphatic carbocycles. The Morgan fingerprint density at radius 1 is 1.10 bits per heavy atom. The van der Waals surface area contributed by atoms with Gasteiger partial charge in [-0.1, -0.05) is 43.5 Å². The summed E-state index contributed by atoms with van der Waals surface area (Å²) in [6, 6.07) is 9.71. The van der Waals surface area contributed by atoms with Crippen LogP contribution in [0.25, 0.3) is 0 Å². The minimum Gasteiger partial charge on any atom is -0.495 e. The maximum Gasteiger partial charge on any atom is 0.138 e. The molecule has 0 aliphatic heterocycles. The molecule has 2 aromatic rings. The number of rotatable bonds is 4. The monoisotopic (exact) mass is 481 g/mol. The van der Waals surface area contributed by atoms with Crippen molar-refractivity contribution in [1.82, 2.24) is 0 Å². The number of nitrogens with one attached hydrogen (secondary N) is 1. The predicted octanol–water partition coefficient (Wildman–Crippen LogP) is 6.25. The summed E-state index contributed by atoms with van der Waals surface area (Å²) in [5.41, 5.74) is 1.92. The normalized spacial score (nSPS) is 10.4. The van der Waals surface area contributed by atoms with Gasteiger partial charge in [-0.3, -0.25) is 0 Å². The molecule has 0 heterocycles. The number of ether oxygens (including phenoxy) is 1. The number of halogens is 4. The molecule has 6 heteroatoms. The molecule has 0 bridgehead atoms. The summed E-state index contributed by atoms with van der Waals surface area (Å²) in [5.74, 6) is 0.814. The van der Waals surface area contributed by atoms with Crippen molar-refractivity contribution >= 4 is 65.1 Å². The average Bonchev–Trinajstić information content (AvgIpc) is 2.37. The highest BCUT2D eigenvalue weighted by Gasteiger charge is 2.10. The van der Waals surface area contributed by atoms with Crippen molar-refractivity contribution in [3.8, 4) is 5.75 Å². The van der Waals surface area contributed by atoms with Crippen molar-refractivity contribution < 1.29 is 4.74 Å². The quantitative estimate of drug-likeness (QED) is 0.554. The summed E-state index contributed by atoms with van der Waals surface area (Å²) in [6.07, 6.45) is 0. The Labute approximate surface area is 148 Å². The minimum atomic E-state index is 0.614. The van der Waals surface area contributed by atoms with Crippen molar-refractivity contribution in [3.63, 3.8) is 0 Å². The molecule has 0 aromatic heterocycles. The summed E-state index contributed by atoms with van der Waals surface area (Å²) in [6.45, 7) is 0.614. The van der Waals surface area contributed by atoms with Crippen molar-refractivity contribution in [2.45, 2.75) is 6.54 Å². The first kappa shape index (κ1) is 16.1. The van der Waals surface area contributed by atoms with Gasteiger partial charge in [0.2, 0.25) is 0 Å². The molecule has 0 fully saturated rings. The van der Waals surface area contributed by atoms with Gasteiger partial charge >= 0.3 is 0 Å². The van der Waals surface area contributed by atoms with Gasteiger partial charge in [0.25, 0.3) is 0 Å². The molecule has 0 aliphatic rings. The highest BCUT2D eigenvalue weighted by Crippen LogP contribution is 2.34. The molecule has 0 unspecified atom stereocenters. The van der Waals surface area contributed by atoms with Crippen LogP contribution in [-0.4, -0.2) is 7.11 Å². The van der Waals surface area contributed by atoms with E-state index in [1.54, 1.807) is 7.11 Å². The maximum atomic E-state index is 6.19. The Hall–Kier alpha value is -0.230. The molecule has 1 N–H and O–H groups in total. The zero-order chi connectivity index (χ0) is 14.7. The molecule has 0 radical (unpaired) electrons. The van der Waals surface area contributed by atoms with Crippen LogP contribution in [0.15, 0.2) is 43.7 Å². The van der Waals surface area contributed by atoms with Gasteiger partial charge in [-0.25, -0.2) is 0 Å². The Bertz CT molecular complexity index is 634. The second-order valence-electron chi connectivity index (χ2n) is 4.06. The van der Waals surface area contributed by atoms with Crippen molar-refractivity contribution in [1.29, 1.82) is 0 Å². The molecule has 0 amide bonds. The number of hydrogen-bond acceptors (Lipinski definition) is 2. The minimum absolute atomic E-state index is 0.614. The van der Waals surface area contributed by atoms with E-state index in [2.05, 4.69) is 53.1 Å². The molecule has 2 rings (SSSR count). The van der Waals surface area contributed by atoms with Crippen LogP contribution in [0.4, 0.5) is 5.69 Å². The van der Waals surface area contributed by atoms with Crippen LogP contribution in [-0.2, 0) is 6.54 Å². The highest BCUT2D eigenvalue weighted by molar-refractivity contribution is 9.11. The van der Waals surface area contributed by atoms with Crippen LogP contribution in [0.3, 0.4) is 0 Å². The third-order valence-corrected chi connectivity index (χ3v) is 4.54. The summed E-state index contributed by atoms with van der Waals surface area (Å²) in [4.78, 5) is 0. The van der Waals surface area contributed by atoms with Gasteiger partial charge in [0.1, 0.15) is 5.75 Å². The Morgan fingerprint density at radius 2 is 1.85 bits per heavy atom. The number of anilines is 1. The lowest BCUT2D eigenvalue weighted by molar-refractivity contribution is 0.407. The summed E-state index contributed by atoms with van der Waals surface area (Å²) < 4.78 is 8.28. The smallest absolute Gasteiger partial charge is 0.138 e. The van der Waals surface area contributed by atoms with E-state index in [0.717, 1.165) is 30.4 Å². The molecule has 2 aromatic carbocycles. The van der Waals surface area contributed by atoms with Gasteiger partial charge in [0, 0.05) is 21.1 Å². The Balaban J connectivity index is 2.22. The topological polar surface area (TPSA) is 21.3 Å². The molecule has 20 heavy (non-hydrogen) atoms. The van der Waals surface area contributed by atoms with Gasteiger partial charge in [-0.15, -0.1) is 0 Å². The van der Waals surface area contributed by atoms with Crippen molar-refractivity contribution in [2.75, 3.05) is 12.4 Å². The van der Waals surface area contributed by atoms with Crippen LogP contribution in [0.2, 0.25) is 5.02 Å². The fourth-order valence-electron chi connectivity index (χ4n) is 1.80. The predicted molar refractivity (Wildman–Crippen MR) is 94.9 cm³/mol. The Kier molecular flexibility index (Phi) is 5.78. The SMILES string of the molecule is COc1c(Br)cc(Br)cc1CNc1ccc(Br)cc1Cl. The van der Waals surface area contributed by atoms with E-state index >= 15 is 0 Å². The van der Waals surface area contributed by atoms with Gasteiger partial charge in [0.15, 0.2) is 0 Å². The zero-order valence-corrected chi connectivity index (χ0v) is 16.0. The zero-order valence-electron chi connectivity index (χ0n) is 10.5. The molecular weight excluding hydrogens is 473 g/mol. The largest absolute Gasteiger partial charge is 0.495 e. The summed E-state index contributed by atoms with van der Waals surface area (Å²) in [5, 5.41) is 3.98. The van der Waals surface area contributed by atoms with E-state index in [-0.39, 0.29) is 0 Å². The second-order valence-corrected chi connectivity index (χ2v) is 7.15. The average molecular weight is 484 g/mol. The van der Waals surface area contributed by atoms with Gasteiger partial charge in [-0.2, -0.15) is 0 Å². The van der Waals surface area contributed by atoms with E-state index in [9.17, 15) is 0 Å². The Morgan fingerprint density at radius 3 is 2.50 bits per heavy atom. The molecule has 2 nitrogen and oxygen atoms in total. The molecule has 106 valence electrons. The lowest BCUT2D eigenvalue weighted by Gasteiger charge is -2.14.